The minimum absolute atomic E-state index is 0.0665. The highest BCUT2D eigenvalue weighted by Gasteiger charge is 2.32. The first kappa shape index (κ1) is 8.46. The standard InChI is InChI=1S/C7H12FNO2/c1-5(7(10)11)9-3-6(2-8)4-9/h5-6H,2-4H2,1H3,(H,10,11). The van der Waals surface area contributed by atoms with Crippen LogP contribution in [0.3, 0.4) is 0 Å². The molecule has 0 aromatic heterocycles. The minimum atomic E-state index is -0.831. The molecule has 4 heteroatoms. The molecule has 0 aliphatic carbocycles. The Balaban J connectivity index is 2.26. The lowest BCUT2D eigenvalue weighted by Crippen LogP contribution is -2.54. The molecule has 1 fully saturated rings. The predicted octanol–water partition coefficient (Wildman–Crippen LogP) is 0.361. The molecule has 0 saturated carbocycles. The van der Waals surface area contributed by atoms with E-state index in [1.807, 2.05) is 0 Å². The highest BCUT2D eigenvalue weighted by atomic mass is 19.1. The van der Waals surface area contributed by atoms with Crippen molar-refractivity contribution in [3.8, 4) is 0 Å². The Bertz CT molecular complexity index is 157. The van der Waals surface area contributed by atoms with Crippen LogP contribution in [0.2, 0.25) is 0 Å². The maximum atomic E-state index is 11.9. The number of alkyl halides is 1. The molecule has 64 valence electrons. The molecular formula is C7H12FNO2. The van der Waals surface area contributed by atoms with Gasteiger partial charge in [-0.3, -0.25) is 14.1 Å². The van der Waals surface area contributed by atoms with Crippen LogP contribution in [-0.4, -0.2) is 41.8 Å². The molecule has 1 unspecified atom stereocenters. The van der Waals surface area contributed by atoms with E-state index in [-0.39, 0.29) is 12.6 Å². The number of hydrogen-bond acceptors (Lipinski definition) is 2. The van der Waals surface area contributed by atoms with Gasteiger partial charge in [0.2, 0.25) is 0 Å². The van der Waals surface area contributed by atoms with Crippen LogP contribution in [0.4, 0.5) is 4.39 Å². The van der Waals surface area contributed by atoms with Crippen LogP contribution >= 0.6 is 0 Å². The second-order valence-corrected chi connectivity index (χ2v) is 2.99. The smallest absolute Gasteiger partial charge is 0.320 e. The van der Waals surface area contributed by atoms with Crippen molar-refractivity contribution in [1.82, 2.24) is 4.90 Å². The first-order chi connectivity index (χ1) is 5.15. The van der Waals surface area contributed by atoms with E-state index in [0.29, 0.717) is 13.1 Å². The molecule has 11 heavy (non-hydrogen) atoms. The van der Waals surface area contributed by atoms with Gasteiger partial charge < -0.3 is 5.11 Å². The summed E-state index contributed by atoms with van der Waals surface area (Å²) in [6.07, 6.45) is 0. The Hall–Kier alpha value is -0.640. The number of halogens is 1. The van der Waals surface area contributed by atoms with Crippen LogP contribution in [0.15, 0.2) is 0 Å². The summed E-state index contributed by atoms with van der Waals surface area (Å²) in [5, 5.41) is 8.54. The number of carboxylic acid groups (broad SMARTS) is 1. The summed E-state index contributed by atoms with van der Waals surface area (Å²) in [6, 6.07) is -0.460. The molecule has 0 radical (unpaired) electrons. The van der Waals surface area contributed by atoms with Gasteiger partial charge in [-0.05, 0) is 6.92 Å². The zero-order valence-corrected chi connectivity index (χ0v) is 6.46. The van der Waals surface area contributed by atoms with Crippen LogP contribution in [0.1, 0.15) is 6.92 Å². The number of carboxylic acids is 1. The van der Waals surface area contributed by atoms with Crippen molar-refractivity contribution < 1.29 is 14.3 Å². The molecule has 0 spiro atoms. The highest BCUT2D eigenvalue weighted by molar-refractivity contribution is 5.73. The van der Waals surface area contributed by atoms with Crippen molar-refractivity contribution in [2.45, 2.75) is 13.0 Å². The third-order valence-corrected chi connectivity index (χ3v) is 2.11. The van der Waals surface area contributed by atoms with E-state index in [0.717, 1.165) is 0 Å². The summed E-state index contributed by atoms with van der Waals surface area (Å²) < 4.78 is 11.9. The van der Waals surface area contributed by atoms with Gasteiger partial charge in [0.1, 0.15) is 6.04 Å². The molecule has 1 N–H and O–H groups in total. The molecule has 0 amide bonds. The average Bonchev–Trinajstić information content (AvgIpc) is 1.85. The number of aliphatic carboxylic acids is 1. The van der Waals surface area contributed by atoms with Crippen LogP contribution in [0.5, 0.6) is 0 Å². The fourth-order valence-electron chi connectivity index (χ4n) is 1.18. The maximum Gasteiger partial charge on any atom is 0.320 e. The molecule has 3 nitrogen and oxygen atoms in total. The Morgan fingerprint density at radius 3 is 2.73 bits per heavy atom. The number of likely N-dealkylation sites (tertiary alicyclic amines) is 1. The lowest BCUT2D eigenvalue weighted by molar-refractivity contribution is -0.145. The van der Waals surface area contributed by atoms with Crippen molar-refractivity contribution in [2.75, 3.05) is 19.8 Å². The molecule has 1 aliphatic heterocycles. The lowest BCUT2D eigenvalue weighted by Gasteiger charge is -2.40. The lowest BCUT2D eigenvalue weighted by atomic mass is 10.00. The van der Waals surface area contributed by atoms with Crippen LogP contribution in [0.25, 0.3) is 0 Å². The molecule has 1 saturated heterocycles. The van der Waals surface area contributed by atoms with Gasteiger partial charge in [-0.15, -0.1) is 0 Å². The second kappa shape index (κ2) is 3.17. The SMILES string of the molecule is CC(C(=O)O)N1CC(CF)C1. The molecule has 1 atom stereocenters. The molecule has 1 heterocycles. The van der Waals surface area contributed by atoms with E-state index in [1.54, 1.807) is 11.8 Å². The zero-order valence-electron chi connectivity index (χ0n) is 6.46. The Labute approximate surface area is 64.8 Å². The van der Waals surface area contributed by atoms with Gasteiger partial charge in [-0.25, -0.2) is 0 Å². The summed E-state index contributed by atoms with van der Waals surface area (Å²) in [6.45, 7) is 2.47. The fourth-order valence-corrected chi connectivity index (χ4v) is 1.18. The van der Waals surface area contributed by atoms with Gasteiger partial charge in [-0.1, -0.05) is 0 Å². The summed E-state index contributed by atoms with van der Waals surface area (Å²) >= 11 is 0. The summed E-state index contributed by atoms with van der Waals surface area (Å²) in [5.41, 5.74) is 0. The van der Waals surface area contributed by atoms with Crippen molar-refractivity contribution in [2.24, 2.45) is 5.92 Å². The quantitative estimate of drug-likeness (QED) is 0.649. The van der Waals surface area contributed by atoms with Gasteiger partial charge in [0.05, 0.1) is 6.67 Å². The van der Waals surface area contributed by atoms with E-state index >= 15 is 0 Å². The monoisotopic (exact) mass is 161 g/mol. The minimum Gasteiger partial charge on any atom is -0.480 e. The first-order valence-corrected chi connectivity index (χ1v) is 3.68. The number of hydrogen-bond donors (Lipinski definition) is 1. The van der Waals surface area contributed by atoms with E-state index in [1.165, 1.54) is 0 Å². The number of nitrogens with zero attached hydrogens (tertiary/aromatic N) is 1. The van der Waals surface area contributed by atoms with E-state index in [9.17, 15) is 9.18 Å². The summed E-state index contributed by atoms with van der Waals surface area (Å²) in [4.78, 5) is 12.1. The zero-order chi connectivity index (χ0) is 8.43. The first-order valence-electron chi connectivity index (χ1n) is 3.68. The number of rotatable bonds is 3. The molecule has 0 aromatic rings. The van der Waals surface area contributed by atoms with E-state index in [4.69, 9.17) is 5.11 Å². The Morgan fingerprint density at radius 2 is 2.36 bits per heavy atom. The third-order valence-electron chi connectivity index (χ3n) is 2.11. The second-order valence-electron chi connectivity index (χ2n) is 2.99. The van der Waals surface area contributed by atoms with Crippen molar-refractivity contribution in [1.29, 1.82) is 0 Å². The normalized spacial score (nSPS) is 22.7. The molecule has 1 aliphatic rings. The molecule has 0 bridgehead atoms. The van der Waals surface area contributed by atoms with Crippen LogP contribution in [-0.2, 0) is 4.79 Å². The van der Waals surface area contributed by atoms with Gasteiger partial charge in [0, 0.05) is 19.0 Å². The van der Waals surface area contributed by atoms with E-state index in [2.05, 4.69) is 0 Å². The van der Waals surface area contributed by atoms with Crippen molar-refractivity contribution in [3.63, 3.8) is 0 Å². The van der Waals surface area contributed by atoms with Gasteiger partial charge in [-0.2, -0.15) is 0 Å². The largest absolute Gasteiger partial charge is 0.480 e. The molecule has 1 rings (SSSR count). The van der Waals surface area contributed by atoms with Gasteiger partial charge in [0.15, 0.2) is 0 Å². The van der Waals surface area contributed by atoms with Crippen LogP contribution < -0.4 is 0 Å². The summed E-state index contributed by atoms with van der Waals surface area (Å²) in [5.74, 6) is -0.765. The van der Waals surface area contributed by atoms with Crippen molar-refractivity contribution >= 4 is 5.97 Å². The average molecular weight is 161 g/mol. The molecular weight excluding hydrogens is 149 g/mol. The number of carbonyl (C=O) groups is 1. The predicted molar refractivity (Wildman–Crippen MR) is 38.1 cm³/mol. The topological polar surface area (TPSA) is 40.5 Å². The van der Waals surface area contributed by atoms with Crippen LogP contribution in [0, 0.1) is 5.92 Å². The summed E-state index contributed by atoms with van der Waals surface area (Å²) in [7, 11) is 0. The van der Waals surface area contributed by atoms with Crippen molar-refractivity contribution in [3.05, 3.63) is 0 Å². The Kier molecular flexibility index (Phi) is 2.44. The maximum absolute atomic E-state index is 11.9. The Morgan fingerprint density at radius 1 is 1.82 bits per heavy atom. The van der Waals surface area contributed by atoms with Gasteiger partial charge in [0.25, 0.3) is 0 Å². The highest BCUT2D eigenvalue weighted by Crippen LogP contribution is 2.18. The molecule has 0 aromatic carbocycles. The third kappa shape index (κ3) is 1.68. The van der Waals surface area contributed by atoms with Gasteiger partial charge >= 0.3 is 5.97 Å². The fraction of sp³-hybridized carbons (Fsp3) is 0.857. The van der Waals surface area contributed by atoms with E-state index < -0.39 is 12.0 Å².